The maximum atomic E-state index is 13.0. The van der Waals surface area contributed by atoms with E-state index in [-0.39, 0.29) is 19.2 Å². The van der Waals surface area contributed by atoms with Gasteiger partial charge >= 0.3 is 6.03 Å². The molecule has 1 aliphatic carbocycles. The topological polar surface area (TPSA) is 61.4 Å². The number of nitrogens with one attached hydrogen (secondary N) is 2. The molecular weight excluding hydrogens is 278 g/mol. The number of urea groups is 1. The van der Waals surface area contributed by atoms with Gasteiger partial charge in [-0.25, -0.2) is 13.6 Å². The number of carbonyl (C=O) groups is 1. The molecular formula is C15H20F2N2O2. The van der Waals surface area contributed by atoms with E-state index in [0.29, 0.717) is 17.9 Å². The van der Waals surface area contributed by atoms with E-state index in [0.717, 1.165) is 18.9 Å². The Morgan fingerprint density at radius 2 is 1.95 bits per heavy atom. The molecule has 1 fully saturated rings. The zero-order valence-electron chi connectivity index (χ0n) is 12.0. The van der Waals surface area contributed by atoms with E-state index in [4.69, 9.17) is 0 Å². The number of rotatable bonds is 6. The van der Waals surface area contributed by atoms with E-state index >= 15 is 0 Å². The van der Waals surface area contributed by atoms with Gasteiger partial charge in [0.15, 0.2) is 0 Å². The molecule has 1 saturated carbocycles. The van der Waals surface area contributed by atoms with Gasteiger partial charge in [0.05, 0.1) is 12.1 Å². The van der Waals surface area contributed by atoms with Crippen molar-refractivity contribution in [2.75, 3.05) is 13.2 Å². The number of hydrogen-bond acceptors (Lipinski definition) is 2. The third-order valence-corrected chi connectivity index (χ3v) is 3.83. The highest BCUT2D eigenvalue weighted by atomic mass is 19.1. The van der Waals surface area contributed by atoms with Gasteiger partial charge in [-0.05, 0) is 49.8 Å². The molecule has 2 rings (SSSR count). The predicted molar refractivity (Wildman–Crippen MR) is 74.8 cm³/mol. The molecule has 3 N–H and O–H groups in total. The first-order chi connectivity index (χ1) is 9.93. The molecule has 1 aliphatic rings. The van der Waals surface area contributed by atoms with Crippen molar-refractivity contribution in [1.82, 2.24) is 10.6 Å². The predicted octanol–water partition coefficient (Wildman–Crippen LogP) is 1.97. The van der Waals surface area contributed by atoms with Crippen LogP contribution in [0.3, 0.4) is 0 Å². The number of halogens is 2. The highest BCUT2D eigenvalue weighted by Crippen LogP contribution is 2.39. The van der Waals surface area contributed by atoms with Crippen LogP contribution < -0.4 is 10.6 Å². The highest BCUT2D eigenvalue weighted by molar-refractivity contribution is 5.74. The maximum Gasteiger partial charge on any atom is 0.315 e. The average Bonchev–Trinajstić information content (AvgIpc) is 3.22. The van der Waals surface area contributed by atoms with Gasteiger partial charge in [-0.1, -0.05) is 0 Å². The van der Waals surface area contributed by atoms with Crippen LogP contribution in [0, 0.1) is 17.6 Å². The molecule has 0 aliphatic heterocycles. The summed E-state index contributed by atoms with van der Waals surface area (Å²) in [6, 6.07) is 2.91. The Labute approximate surface area is 122 Å². The van der Waals surface area contributed by atoms with Gasteiger partial charge in [0.25, 0.3) is 0 Å². The molecule has 0 heterocycles. The highest BCUT2D eigenvalue weighted by Gasteiger charge is 2.42. The Bertz CT molecular complexity index is 500. The minimum absolute atomic E-state index is 0.111. The first-order valence-corrected chi connectivity index (χ1v) is 7.05. The van der Waals surface area contributed by atoms with Crippen molar-refractivity contribution in [2.24, 2.45) is 5.92 Å². The van der Waals surface area contributed by atoms with Crippen LogP contribution in [0.15, 0.2) is 18.2 Å². The second-order valence-corrected chi connectivity index (χ2v) is 5.76. The lowest BCUT2D eigenvalue weighted by molar-refractivity contribution is 0.155. The molecule has 6 heteroatoms. The van der Waals surface area contributed by atoms with Gasteiger partial charge in [-0.15, -0.1) is 0 Å². The molecule has 1 atom stereocenters. The Morgan fingerprint density at radius 1 is 1.33 bits per heavy atom. The largest absolute Gasteiger partial charge is 0.394 e. The van der Waals surface area contributed by atoms with Gasteiger partial charge in [-0.3, -0.25) is 0 Å². The van der Waals surface area contributed by atoms with Crippen molar-refractivity contribution < 1.29 is 18.7 Å². The number of aliphatic hydroxyl groups excluding tert-OH is 1. The van der Waals surface area contributed by atoms with Gasteiger partial charge in [0.2, 0.25) is 0 Å². The van der Waals surface area contributed by atoms with Crippen molar-refractivity contribution in [3.05, 3.63) is 35.4 Å². The summed E-state index contributed by atoms with van der Waals surface area (Å²) < 4.78 is 26.0. The summed E-state index contributed by atoms with van der Waals surface area (Å²) in [5.41, 5.74) is -0.116. The van der Waals surface area contributed by atoms with Crippen LogP contribution in [0.1, 0.15) is 25.3 Å². The number of aliphatic hydroxyl groups is 1. The van der Waals surface area contributed by atoms with Crippen LogP contribution in [0.5, 0.6) is 0 Å². The maximum absolute atomic E-state index is 13.0. The molecule has 1 aromatic carbocycles. The van der Waals surface area contributed by atoms with E-state index in [2.05, 4.69) is 10.6 Å². The van der Waals surface area contributed by atoms with Gasteiger partial charge < -0.3 is 15.7 Å². The third kappa shape index (κ3) is 4.39. The van der Waals surface area contributed by atoms with E-state index in [9.17, 15) is 18.7 Å². The standard InChI is InChI=1S/C15H20F2N2O2/c1-15(9-20,11-2-3-11)19-14(21)18-5-4-10-6-12(16)8-13(17)7-10/h6-8,11,20H,2-5,9H2,1H3,(H2,18,19,21). The Morgan fingerprint density at radius 3 is 2.48 bits per heavy atom. The Kier molecular flexibility index (Phi) is 4.77. The summed E-state index contributed by atoms with van der Waals surface area (Å²) in [6.45, 7) is 1.97. The molecule has 0 saturated heterocycles. The summed E-state index contributed by atoms with van der Waals surface area (Å²) in [4.78, 5) is 11.8. The molecule has 21 heavy (non-hydrogen) atoms. The summed E-state index contributed by atoms with van der Waals surface area (Å²) >= 11 is 0. The van der Waals surface area contributed by atoms with Gasteiger partial charge in [0.1, 0.15) is 11.6 Å². The summed E-state index contributed by atoms with van der Waals surface area (Å²) in [5, 5.41) is 14.8. The van der Waals surface area contributed by atoms with Gasteiger partial charge in [-0.2, -0.15) is 0 Å². The average molecular weight is 298 g/mol. The third-order valence-electron chi connectivity index (χ3n) is 3.83. The normalized spacial score (nSPS) is 17.1. The molecule has 0 aromatic heterocycles. The fourth-order valence-corrected chi connectivity index (χ4v) is 2.37. The molecule has 0 radical (unpaired) electrons. The fourth-order valence-electron chi connectivity index (χ4n) is 2.37. The molecule has 0 bridgehead atoms. The Balaban J connectivity index is 1.78. The number of benzene rings is 1. The van der Waals surface area contributed by atoms with Crippen LogP contribution in [-0.2, 0) is 6.42 Å². The second kappa shape index (κ2) is 6.39. The number of amides is 2. The molecule has 1 aromatic rings. The van der Waals surface area contributed by atoms with Crippen molar-refractivity contribution in [2.45, 2.75) is 31.7 Å². The summed E-state index contributed by atoms with van der Waals surface area (Å²) in [6.07, 6.45) is 2.33. The van der Waals surface area contributed by atoms with Crippen LogP contribution in [-0.4, -0.2) is 29.8 Å². The van der Waals surface area contributed by atoms with Crippen LogP contribution in [0.25, 0.3) is 0 Å². The minimum Gasteiger partial charge on any atom is -0.394 e. The molecule has 116 valence electrons. The van der Waals surface area contributed by atoms with E-state index in [1.54, 1.807) is 0 Å². The van der Waals surface area contributed by atoms with Gasteiger partial charge in [0, 0.05) is 12.6 Å². The number of hydrogen-bond donors (Lipinski definition) is 3. The first-order valence-electron chi connectivity index (χ1n) is 7.05. The zero-order chi connectivity index (χ0) is 15.5. The molecule has 2 amide bonds. The summed E-state index contributed by atoms with van der Waals surface area (Å²) in [7, 11) is 0. The lowest BCUT2D eigenvalue weighted by Crippen LogP contribution is -2.54. The van der Waals surface area contributed by atoms with E-state index < -0.39 is 17.2 Å². The van der Waals surface area contributed by atoms with E-state index in [1.807, 2.05) is 6.92 Å². The van der Waals surface area contributed by atoms with Crippen molar-refractivity contribution >= 4 is 6.03 Å². The van der Waals surface area contributed by atoms with E-state index in [1.165, 1.54) is 12.1 Å². The smallest absolute Gasteiger partial charge is 0.315 e. The van der Waals surface area contributed by atoms with Crippen LogP contribution in [0.4, 0.5) is 13.6 Å². The first kappa shape index (κ1) is 15.7. The minimum atomic E-state index is -0.629. The molecule has 4 nitrogen and oxygen atoms in total. The quantitative estimate of drug-likeness (QED) is 0.752. The van der Waals surface area contributed by atoms with Crippen LogP contribution >= 0.6 is 0 Å². The second-order valence-electron chi connectivity index (χ2n) is 5.76. The van der Waals surface area contributed by atoms with Crippen LogP contribution in [0.2, 0.25) is 0 Å². The van der Waals surface area contributed by atoms with Crippen molar-refractivity contribution in [3.63, 3.8) is 0 Å². The number of carbonyl (C=O) groups excluding carboxylic acids is 1. The van der Waals surface area contributed by atoms with Crippen molar-refractivity contribution in [1.29, 1.82) is 0 Å². The molecule has 0 spiro atoms. The fraction of sp³-hybridized carbons (Fsp3) is 0.533. The molecule has 1 unspecified atom stereocenters. The Hall–Kier alpha value is -1.69. The van der Waals surface area contributed by atoms with Crippen molar-refractivity contribution in [3.8, 4) is 0 Å². The monoisotopic (exact) mass is 298 g/mol. The zero-order valence-corrected chi connectivity index (χ0v) is 12.0. The summed E-state index contributed by atoms with van der Waals surface area (Å²) in [5.74, 6) is -0.947. The lowest BCUT2D eigenvalue weighted by Gasteiger charge is -2.28. The SMILES string of the molecule is CC(CO)(NC(=O)NCCc1cc(F)cc(F)c1)C1CC1. The lowest BCUT2D eigenvalue weighted by atomic mass is 9.97.